The Morgan fingerprint density at radius 1 is 1.13 bits per heavy atom. The molecule has 0 aliphatic carbocycles. The van der Waals surface area contributed by atoms with Crippen LogP contribution in [0.25, 0.3) is 11.0 Å². The van der Waals surface area contributed by atoms with Crippen LogP contribution in [0.4, 0.5) is 0 Å². The highest BCUT2D eigenvalue weighted by atomic mass is 16.5. The minimum Gasteiger partial charge on any atom is -0.483 e. The Hall–Kier alpha value is -3.35. The Bertz CT molecular complexity index is 1310. The molecule has 5 rings (SSSR count). The van der Waals surface area contributed by atoms with Crippen LogP contribution >= 0.6 is 0 Å². The predicted molar refractivity (Wildman–Crippen MR) is 116 cm³/mol. The van der Waals surface area contributed by atoms with E-state index in [0.29, 0.717) is 36.4 Å². The number of hydrogen-bond acceptors (Lipinski definition) is 5. The van der Waals surface area contributed by atoms with Crippen molar-refractivity contribution in [2.24, 2.45) is 5.92 Å². The smallest absolute Gasteiger partial charge is 0.336 e. The highest BCUT2D eigenvalue weighted by Gasteiger charge is 2.36. The molecule has 2 aromatic heterocycles. The van der Waals surface area contributed by atoms with E-state index in [1.807, 2.05) is 35.4 Å². The molecule has 1 fully saturated rings. The summed E-state index contributed by atoms with van der Waals surface area (Å²) in [7, 11) is 0. The SMILES string of the molecule is Cc1cc(OCC(=O)N2C[C@H]3C[C@@H](C2)c2cccc(=O)n2C3)c2c(C)cc(=O)oc2c1. The number of pyridine rings is 1. The maximum absolute atomic E-state index is 13.0. The molecule has 2 aliphatic rings. The van der Waals surface area contributed by atoms with E-state index in [2.05, 4.69) is 0 Å². The van der Waals surface area contributed by atoms with Crippen molar-refractivity contribution in [2.45, 2.75) is 32.7 Å². The zero-order chi connectivity index (χ0) is 21.7. The van der Waals surface area contributed by atoms with Crippen LogP contribution < -0.4 is 15.9 Å². The molecule has 0 unspecified atom stereocenters. The second-order valence-corrected chi connectivity index (χ2v) is 8.67. The number of rotatable bonds is 3. The number of carbonyl (C=O) groups excluding carboxylic acids is 1. The molecule has 160 valence electrons. The van der Waals surface area contributed by atoms with Crippen molar-refractivity contribution < 1.29 is 13.9 Å². The van der Waals surface area contributed by atoms with Crippen LogP contribution in [0, 0.1) is 19.8 Å². The van der Waals surface area contributed by atoms with Crippen LogP contribution in [-0.4, -0.2) is 35.1 Å². The first-order chi connectivity index (χ1) is 14.9. The summed E-state index contributed by atoms with van der Waals surface area (Å²) in [6.07, 6.45) is 0.995. The monoisotopic (exact) mass is 420 g/mol. The van der Waals surface area contributed by atoms with Crippen molar-refractivity contribution >= 4 is 16.9 Å². The highest BCUT2D eigenvalue weighted by molar-refractivity contribution is 5.88. The van der Waals surface area contributed by atoms with Crippen LogP contribution in [0.15, 0.2) is 50.4 Å². The van der Waals surface area contributed by atoms with Crippen molar-refractivity contribution in [3.8, 4) is 5.75 Å². The highest BCUT2D eigenvalue weighted by Crippen LogP contribution is 2.35. The number of piperidine rings is 1. The lowest BCUT2D eigenvalue weighted by molar-refractivity contribution is -0.136. The van der Waals surface area contributed by atoms with E-state index in [1.54, 1.807) is 18.2 Å². The molecule has 7 heteroatoms. The molecule has 2 bridgehead atoms. The fraction of sp³-hybridized carbons (Fsp3) is 0.375. The summed E-state index contributed by atoms with van der Waals surface area (Å²) >= 11 is 0. The standard InChI is InChI=1S/C24H24N2O5/c1-14-6-19(24-15(2)8-23(29)31-20(24)7-14)30-13-22(28)25-10-16-9-17(12-25)18-4-3-5-21(27)26(18)11-16/h3-8,16-17H,9-13H2,1-2H3/t16-,17+/m1/s1. The van der Waals surface area contributed by atoms with Gasteiger partial charge in [0.25, 0.3) is 11.5 Å². The first-order valence-electron chi connectivity index (χ1n) is 10.5. The summed E-state index contributed by atoms with van der Waals surface area (Å²) in [6, 6.07) is 10.5. The van der Waals surface area contributed by atoms with E-state index in [-0.39, 0.29) is 29.9 Å². The third-order valence-corrected chi connectivity index (χ3v) is 6.33. The second kappa shape index (κ2) is 7.41. The minimum atomic E-state index is -0.406. The van der Waals surface area contributed by atoms with Gasteiger partial charge in [-0.1, -0.05) is 6.07 Å². The van der Waals surface area contributed by atoms with E-state index in [1.165, 1.54) is 6.07 Å². The van der Waals surface area contributed by atoms with Crippen molar-refractivity contribution in [1.29, 1.82) is 0 Å². The molecule has 0 spiro atoms. The molecule has 1 amide bonds. The summed E-state index contributed by atoms with van der Waals surface area (Å²) in [4.78, 5) is 38.8. The minimum absolute atomic E-state index is 0.0312. The van der Waals surface area contributed by atoms with Crippen LogP contribution in [0.1, 0.15) is 29.2 Å². The number of fused-ring (bicyclic) bond motifs is 5. The fourth-order valence-corrected chi connectivity index (χ4v) is 5.02. The van der Waals surface area contributed by atoms with E-state index in [9.17, 15) is 14.4 Å². The third kappa shape index (κ3) is 3.54. The number of hydrogen-bond donors (Lipinski definition) is 0. The van der Waals surface area contributed by atoms with E-state index >= 15 is 0 Å². The van der Waals surface area contributed by atoms with Crippen LogP contribution in [0.3, 0.4) is 0 Å². The maximum Gasteiger partial charge on any atom is 0.336 e. The second-order valence-electron chi connectivity index (χ2n) is 8.67. The van der Waals surface area contributed by atoms with Gasteiger partial charge in [0.05, 0.1) is 5.39 Å². The largest absolute Gasteiger partial charge is 0.483 e. The molecular formula is C24H24N2O5. The first-order valence-corrected chi connectivity index (χ1v) is 10.5. The zero-order valence-electron chi connectivity index (χ0n) is 17.6. The Kier molecular flexibility index (Phi) is 4.68. The van der Waals surface area contributed by atoms with E-state index < -0.39 is 5.63 Å². The van der Waals surface area contributed by atoms with Gasteiger partial charge in [-0.2, -0.15) is 0 Å². The average molecular weight is 420 g/mol. The van der Waals surface area contributed by atoms with Crippen LogP contribution in [0.2, 0.25) is 0 Å². The molecule has 0 N–H and O–H groups in total. The lowest BCUT2D eigenvalue weighted by atomic mass is 9.83. The topological polar surface area (TPSA) is 81.8 Å². The maximum atomic E-state index is 13.0. The number of aryl methyl sites for hydroxylation is 2. The van der Waals surface area contributed by atoms with Gasteiger partial charge < -0.3 is 18.6 Å². The van der Waals surface area contributed by atoms with Gasteiger partial charge in [0.1, 0.15) is 11.3 Å². The molecule has 1 aromatic carbocycles. The van der Waals surface area contributed by atoms with Gasteiger partial charge in [0, 0.05) is 43.4 Å². The molecule has 7 nitrogen and oxygen atoms in total. The Balaban J connectivity index is 1.36. The molecule has 0 saturated carbocycles. The summed E-state index contributed by atoms with van der Waals surface area (Å²) in [5.74, 6) is 0.901. The van der Waals surface area contributed by atoms with Crippen molar-refractivity contribution in [1.82, 2.24) is 9.47 Å². The summed E-state index contributed by atoms with van der Waals surface area (Å²) in [6.45, 7) is 5.50. The lowest BCUT2D eigenvalue weighted by Gasteiger charge is -2.42. The number of nitrogens with zero attached hydrogens (tertiary/aromatic N) is 2. The molecule has 4 heterocycles. The number of aromatic nitrogens is 1. The molecular weight excluding hydrogens is 396 g/mol. The van der Waals surface area contributed by atoms with Gasteiger partial charge >= 0.3 is 5.63 Å². The molecule has 0 radical (unpaired) electrons. The third-order valence-electron chi connectivity index (χ3n) is 6.33. The predicted octanol–water partition coefficient (Wildman–Crippen LogP) is 2.60. The van der Waals surface area contributed by atoms with E-state index in [0.717, 1.165) is 23.2 Å². The summed E-state index contributed by atoms with van der Waals surface area (Å²) in [5.41, 5.74) is 2.74. The van der Waals surface area contributed by atoms with Crippen LogP contribution in [-0.2, 0) is 11.3 Å². The Morgan fingerprint density at radius 3 is 2.81 bits per heavy atom. The van der Waals surface area contributed by atoms with Crippen molar-refractivity contribution in [3.05, 3.63) is 74.0 Å². The van der Waals surface area contributed by atoms with Crippen LogP contribution in [0.5, 0.6) is 5.75 Å². The Labute approximate surface area is 178 Å². The van der Waals surface area contributed by atoms with Gasteiger partial charge in [-0.25, -0.2) is 4.79 Å². The normalized spacial score (nSPS) is 19.9. The Morgan fingerprint density at radius 2 is 1.97 bits per heavy atom. The fourth-order valence-electron chi connectivity index (χ4n) is 5.02. The summed E-state index contributed by atoms with van der Waals surface area (Å²) in [5, 5.41) is 0.710. The number of ether oxygens (including phenoxy) is 1. The molecule has 1 saturated heterocycles. The van der Waals surface area contributed by atoms with Gasteiger partial charge in [-0.15, -0.1) is 0 Å². The summed E-state index contributed by atoms with van der Waals surface area (Å²) < 4.78 is 13.1. The number of benzene rings is 1. The van der Waals surface area contributed by atoms with Crippen molar-refractivity contribution in [3.63, 3.8) is 0 Å². The van der Waals surface area contributed by atoms with Gasteiger partial charge in [-0.3, -0.25) is 9.59 Å². The zero-order valence-corrected chi connectivity index (χ0v) is 17.6. The lowest BCUT2D eigenvalue weighted by Crippen LogP contribution is -2.50. The van der Waals surface area contributed by atoms with Gasteiger partial charge in [0.2, 0.25) is 0 Å². The average Bonchev–Trinajstić information content (AvgIpc) is 2.71. The van der Waals surface area contributed by atoms with E-state index in [4.69, 9.17) is 9.15 Å². The van der Waals surface area contributed by atoms with Crippen molar-refractivity contribution in [2.75, 3.05) is 19.7 Å². The quantitative estimate of drug-likeness (QED) is 0.609. The number of carbonyl (C=O) groups is 1. The first kappa shape index (κ1) is 19.6. The number of likely N-dealkylation sites (tertiary alicyclic amines) is 1. The molecule has 31 heavy (non-hydrogen) atoms. The molecule has 2 aliphatic heterocycles. The number of amides is 1. The van der Waals surface area contributed by atoms with Gasteiger partial charge in [-0.05, 0) is 55.5 Å². The molecule has 3 aromatic rings. The molecule has 2 atom stereocenters. The van der Waals surface area contributed by atoms with Gasteiger partial charge in [0.15, 0.2) is 6.61 Å².